The van der Waals surface area contributed by atoms with Gasteiger partial charge in [0.25, 0.3) is 11.8 Å². The molecule has 6 heteroatoms. The molecule has 0 aromatic heterocycles. The molecule has 4 atom stereocenters. The predicted molar refractivity (Wildman–Crippen MR) is 115 cm³/mol. The summed E-state index contributed by atoms with van der Waals surface area (Å²) >= 11 is 0. The molecule has 2 bridgehead atoms. The summed E-state index contributed by atoms with van der Waals surface area (Å²) in [5.41, 5.74) is 3.64. The minimum Gasteiger partial charge on any atom is -0.276 e. The lowest BCUT2D eigenvalue weighted by Crippen LogP contribution is -2.82. The zero-order valence-electron chi connectivity index (χ0n) is 18.8. The number of nitrogens with zero attached hydrogens (tertiary/aromatic N) is 1. The second-order valence-corrected chi connectivity index (χ2v) is 10.2. The van der Waals surface area contributed by atoms with Gasteiger partial charge in [-0.2, -0.15) is 0 Å². The van der Waals surface area contributed by atoms with Crippen LogP contribution < -0.4 is 15.2 Å². The summed E-state index contributed by atoms with van der Waals surface area (Å²) < 4.78 is 0. The number of amides is 4. The molecule has 0 radical (unpaired) electrons. The number of aryl methyl sites for hydroxylation is 3. The molecule has 3 fully saturated rings. The van der Waals surface area contributed by atoms with E-state index in [0.717, 1.165) is 34.4 Å². The highest BCUT2D eigenvalue weighted by Crippen LogP contribution is 2.64. The molecule has 0 spiro atoms. The first kappa shape index (κ1) is 20.8. The molecule has 1 aliphatic heterocycles. The van der Waals surface area contributed by atoms with E-state index in [1.54, 1.807) is 6.21 Å². The Hall–Kier alpha value is -2.50. The lowest BCUT2D eigenvalue weighted by atomic mass is 9.69. The van der Waals surface area contributed by atoms with E-state index in [4.69, 9.17) is 0 Å². The van der Waals surface area contributed by atoms with Gasteiger partial charge in [-0.15, -0.1) is 0 Å². The molecule has 1 aromatic carbocycles. The highest BCUT2D eigenvalue weighted by Gasteiger charge is 2.64. The van der Waals surface area contributed by atoms with Crippen LogP contribution in [-0.2, 0) is 9.59 Å². The van der Waals surface area contributed by atoms with E-state index in [1.807, 2.05) is 32.9 Å². The van der Waals surface area contributed by atoms with Crippen molar-refractivity contribution in [3.63, 3.8) is 0 Å². The van der Waals surface area contributed by atoms with Crippen LogP contribution in [0.1, 0.15) is 56.7 Å². The molecule has 4 amide bonds. The van der Waals surface area contributed by atoms with E-state index in [-0.39, 0.29) is 16.9 Å². The monoisotopic (exact) mass is 410 g/mol. The van der Waals surface area contributed by atoms with Crippen molar-refractivity contribution in [1.82, 2.24) is 5.32 Å². The number of urea groups is 1. The van der Waals surface area contributed by atoms with Crippen LogP contribution in [0.2, 0.25) is 0 Å². The Morgan fingerprint density at radius 3 is 2.27 bits per heavy atom. The molecule has 3 aliphatic rings. The van der Waals surface area contributed by atoms with E-state index in [2.05, 4.69) is 31.1 Å². The lowest BCUT2D eigenvalue weighted by molar-refractivity contribution is -0.521. The van der Waals surface area contributed by atoms with Crippen LogP contribution >= 0.6 is 0 Å². The molecule has 2 N–H and O–H groups in total. The highest BCUT2D eigenvalue weighted by atomic mass is 16.2. The summed E-state index contributed by atoms with van der Waals surface area (Å²) in [6, 6.07) is 3.42. The van der Waals surface area contributed by atoms with E-state index >= 15 is 0 Å². The summed E-state index contributed by atoms with van der Waals surface area (Å²) in [7, 11) is 0. The smallest absolute Gasteiger partial charge is 0.276 e. The summed E-state index contributed by atoms with van der Waals surface area (Å²) in [5.74, 6) is -1.45. The van der Waals surface area contributed by atoms with Crippen LogP contribution in [0.4, 0.5) is 10.5 Å². The van der Waals surface area contributed by atoms with Gasteiger partial charge in [0.2, 0.25) is 0 Å². The molecule has 2 saturated carbocycles. The van der Waals surface area contributed by atoms with E-state index in [0.29, 0.717) is 11.6 Å². The van der Waals surface area contributed by atoms with Gasteiger partial charge in [0, 0.05) is 11.8 Å². The van der Waals surface area contributed by atoms with Gasteiger partial charge in [0.1, 0.15) is 0 Å². The van der Waals surface area contributed by atoms with Crippen molar-refractivity contribution in [2.24, 2.45) is 22.7 Å². The number of hydrogen-bond donors (Lipinski definition) is 2. The van der Waals surface area contributed by atoms with Crippen LogP contribution in [0.5, 0.6) is 0 Å². The molecular formula is C24H32N3O3+. The van der Waals surface area contributed by atoms with Crippen LogP contribution in [0.15, 0.2) is 12.1 Å². The average molecular weight is 411 g/mol. The third-order valence-electron chi connectivity index (χ3n) is 8.32. The van der Waals surface area contributed by atoms with Crippen molar-refractivity contribution in [2.45, 2.75) is 66.8 Å². The maximum Gasteiger partial charge on any atom is 0.335 e. The Kier molecular flexibility index (Phi) is 4.68. The van der Waals surface area contributed by atoms with Crippen molar-refractivity contribution in [3.05, 3.63) is 28.8 Å². The third kappa shape index (κ3) is 2.83. The van der Waals surface area contributed by atoms with Crippen molar-refractivity contribution >= 4 is 29.7 Å². The summed E-state index contributed by atoms with van der Waals surface area (Å²) in [5, 5.41) is 2.37. The molecular weight excluding hydrogens is 378 g/mol. The molecule has 1 aromatic rings. The first-order valence-corrected chi connectivity index (χ1v) is 10.8. The number of carbonyl (C=O) groups is 3. The maximum atomic E-state index is 13.3. The van der Waals surface area contributed by atoms with Gasteiger partial charge in [0.15, 0.2) is 18.2 Å². The molecule has 0 unspecified atom stereocenters. The second kappa shape index (κ2) is 6.76. The Morgan fingerprint density at radius 2 is 1.73 bits per heavy atom. The fourth-order valence-corrected chi connectivity index (χ4v) is 6.14. The number of benzene rings is 1. The first-order valence-electron chi connectivity index (χ1n) is 10.8. The molecule has 160 valence electrons. The van der Waals surface area contributed by atoms with Crippen molar-refractivity contribution in [2.75, 3.05) is 4.90 Å². The Balaban J connectivity index is 1.64. The molecule has 1 saturated heterocycles. The van der Waals surface area contributed by atoms with Gasteiger partial charge in [-0.05, 0) is 56.1 Å². The van der Waals surface area contributed by atoms with E-state index in [9.17, 15) is 14.4 Å². The highest BCUT2D eigenvalue weighted by molar-refractivity contribution is 6.32. The fraction of sp³-hybridized carbons (Fsp3) is 0.583. The third-order valence-corrected chi connectivity index (χ3v) is 8.32. The quantitative estimate of drug-likeness (QED) is 0.592. The maximum absolute atomic E-state index is 13.3. The van der Waals surface area contributed by atoms with Crippen molar-refractivity contribution < 1.29 is 19.4 Å². The fourth-order valence-electron chi connectivity index (χ4n) is 6.14. The van der Waals surface area contributed by atoms with Crippen molar-refractivity contribution in [3.8, 4) is 0 Å². The molecule has 6 nitrogen and oxygen atoms in total. The zero-order valence-corrected chi connectivity index (χ0v) is 18.8. The molecule has 4 rings (SSSR count). The van der Waals surface area contributed by atoms with Gasteiger partial charge in [-0.3, -0.25) is 14.9 Å². The molecule has 30 heavy (non-hydrogen) atoms. The van der Waals surface area contributed by atoms with Gasteiger partial charge >= 0.3 is 6.03 Å². The molecule has 2 aliphatic carbocycles. The number of rotatable bonds is 3. The predicted octanol–water partition coefficient (Wildman–Crippen LogP) is 2.18. The standard InChI is InChI=1S/C24H31N3O3/c1-13-9-14(2)19(15(3)10-13)27-21(29)17(20(28)26-22(27)30)12-25-18-11-16-7-8-24(18,6)23(16,4)5/h9-10,12,16-18H,7-8,11H2,1-6H3,(H,26,28,30)/p+1/t16-,17+,18-,24-/m1/s1. The van der Waals surface area contributed by atoms with Crippen LogP contribution in [0.3, 0.4) is 0 Å². The van der Waals surface area contributed by atoms with Gasteiger partial charge in [-0.1, -0.05) is 38.5 Å². The number of imide groups is 2. The molecule has 1 heterocycles. The van der Waals surface area contributed by atoms with Crippen LogP contribution in [-0.4, -0.2) is 30.1 Å². The minimum atomic E-state index is -1.03. The van der Waals surface area contributed by atoms with Gasteiger partial charge in [-0.25, -0.2) is 14.7 Å². The topological polar surface area (TPSA) is 80.5 Å². The zero-order chi connectivity index (χ0) is 22.0. The van der Waals surface area contributed by atoms with E-state index < -0.39 is 23.8 Å². The summed E-state index contributed by atoms with van der Waals surface area (Å²) in [6.45, 7) is 12.7. The van der Waals surface area contributed by atoms with Crippen molar-refractivity contribution in [1.29, 1.82) is 0 Å². The number of hydrogen-bond acceptors (Lipinski definition) is 3. The second-order valence-electron chi connectivity index (χ2n) is 10.2. The number of anilines is 1. The average Bonchev–Trinajstić information content (AvgIpc) is 2.96. The number of barbiturate groups is 1. The number of fused-ring (bicyclic) bond motifs is 2. The first-order chi connectivity index (χ1) is 14.0. The number of nitrogens with one attached hydrogen (secondary N) is 2. The van der Waals surface area contributed by atoms with E-state index in [1.165, 1.54) is 6.42 Å². The SMILES string of the molecule is Cc1cc(C)c(N2C(=O)NC(=O)[C@H](C=[NH+][C@@H]3C[C@H]4CC[C@@]3(C)C4(C)C)C2=O)c(C)c1. The number of carbonyl (C=O) groups excluding carboxylic acids is 3. The summed E-state index contributed by atoms with van der Waals surface area (Å²) in [4.78, 5) is 43.0. The van der Waals surface area contributed by atoms with Gasteiger partial charge in [0.05, 0.1) is 5.69 Å². The van der Waals surface area contributed by atoms with Crippen LogP contribution in [0, 0.1) is 43.4 Å². The normalized spacial score (nSPS) is 32.9. The Morgan fingerprint density at radius 1 is 1.10 bits per heavy atom. The Bertz CT molecular complexity index is 957. The summed E-state index contributed by atoms with van der Waals surface area (Å²) in [6.07, 6.45) is 5.04. The lowest BCUT2D eigenvalue weighted by Gasteiger charge is -2.34. The van der Waals surface area contributed by atoms with Gasteiger partial charge < -0.3 is 0 Å². The minimum absolute atomic E-state index is 0.127. The Labute approximate surface area is 178 Å². The largest absolute Gasteiger partial charge is 0.335 e. The van der Waals surface area contributed by atoms with Crippen LogP contribution in [0.25, 0.3) is 0 Å².